The number of aliphatic hydroxyl groups is 13. The maximum atomic E-state index is 12.5. The molecule has 5 aliphatic heterocycles. The van der Waals surface area contributed by atoms with Crippen molar-refractivity contribution in [3.63, 3.8) is 0 Å². The van der Waals surface area contributed by atoms with Gasteiger partial charge in [0.05, 0.1) is 32.0 Å². The number of rotatable bonds is 13. The van der Waals surface area contributed by atoms with Crippen LogP contribution in [0.4, 0.5) is 0 Å². The Labute approximate surface area is 342 Å². The maximum Gasteiger partial charge on any atom is 0.217 e. The van der Waals surface area contributed by atoms with Crippen LogP contribution in [0.5, 0.6) is 0 Å². The van der Waals surface area contributed by atoms with Gasteiger partial charge in [0.15, 0.2) is 31.5 Å². The number of carbonyl (C=O) groups excluding carboxylic acids is 2. The molecule has 26 heteroatoms. The molecular weight excluding hydrogens is 820 g/mol. The van der Waals surface area contributed by atoms with Gasteiger partial charge >= 0.3 is 0 Å². The van der Waals surface area contributed by atoms with E-state index < -0.39 is 185 Å². The van der Waals surface area contributed by atoms with Crippen molar-refractivity contribution in [2.45, 2.75) is 181 Å². The lowest BCUT2D eigenvalue weighted by Gasteiger charge is -2.52. The number of hydrogen-bond donors (Lipinski definition) is 15. The highest BCUT2D eigenvalue weighted by Gasteiger charge is 2.58. The van der Waals surface area contributed by atoms with Crippen LogP contribution < -0.4 is 10.6 Å². The van der Waals surface area contributed by atoms with Gasteiger partial charge in [-0.25, -0.2) is 0 Å². The number of carbonyl (C=O) groups is 2. The average molecular weight is 879 g/mol. The summed E-state index contributed by atoms with van der Waals surface area (Å²) < 4.78 is 53.0. The second-order valence-corrected chi connectivity index (χ2v) is 15.4. The van der Waals surface area contributed by atoms with E-state index in [1.54, 1.807) is 0 Å². The predicted molar refractivity (Wildman–Crippen MR) is 187 cm³/mol. The van der Waals surface area contributed by atoms with E-state index in [9.17, 15) is 76.0 Å². The summed E-state index contributed by atoms with van der Waals surface area (Å²) in [5.41, 5.74) is 0. The summed E-state index contributed by atoms with van der Waals surface area (Å²) in [6.45, 7) is 1.97. The van der Waals surface area contributed by atoms with Crippen LogP contribution in [0.15, 0.2) is 0 Å². The molecule has 348 valence electrons. The van der Waals surface area contributed by atoms with Gasteiger partial charge in [0, 0.05) is 13.8 Å². The number of hydrogen-bond acceptors (Lipinski definition) is 24. The van der Waals surface area contributed by atoms with Gasteiger partial charge in [0.2, 0.25) is 11.8 Å². The Balaban J connectivity index is 1.60. The quantitative estimate of drug-likeness (QED) is 0.0817. The SMILES string of the molecule is CC(=O)N[C@@H]1[C@@H](O[C@@H]2O[C@H](CO)[C@H](O)[C@H](O[C@H]3O[C@H](CO)[C@H](O)[C@H](O)[C@H]3NC(C)=O)[C@H]2O[C@@H]2O[C@@H](C)[C@@H](O)[C@@H](O)[C@@H]2O)[C@H](O[C@@H]2O[C@@H](C)[C@@H](O)[C@@H](O)[C@@H]2O)[C@@H](CO)O[C@@H]1O. The zero-order valence-corrected chi connectivity index (χ0v) is 32.9. The van der Waals surface area contributed by atoms with E-state index >= 15 is 0 Å². The second kappa shape index (κ2) is 20.7. The van der Waals surface area contributed by atoms with E-state index in [-0.39, 0.29) is 0 Å². The summed E-state index contributed by atoms with van der Waals surface area (Å²) in [6.07, 6.45) is -40.8. The van der Waals surface area contributed by atoms with Gasteiger partial charge in [-0.3, -0.25) is 9.59 Å². The van der Waals surface area contributed by atoms with Crippen molar-refractivity contribution in [2.75, 3.05) is 19.8 Å². The standard InChI is InChI=1S/C34H58N2O24/c1-8-17(42)22(47)24(49)32(52-8)57-26-14(7-39)54-30(51)16(36-11(4)41)27(26)58-34-29(60-33-25(50)23(48)18(43)9(2)53-33)28(20(45)13(6-38)56-34)59-31-15(35-10(3)40)21(46)19(44)12(5-37)55-31/h8-9,12-34,37-39,42-51H,5-7H2,1-4H3,(H,35,40)(H,36,41)/t8-,9-,12+,13+,14+,15+,16+,17+,18+,19-,20-,21+,22+,23+,24-,25-,26+,27+,28-,29+,30-,31+,32-,33-,34-/m0/s1. The van der Waals surface area contributed by atoms with Crippen LogP contribution in [0.1, 0.15) is 27.7 Å². The van der Waals surface area contributed by atoms with Crippen LogP contribution in [0.3, 0.4) is 0 Å². The van der Waals surface area contributed by atoms with Crippen LogP contribution >= 0.6 is 0 Å². The summed E-state index contributed by atoms with van der Waals surface area (Å²) in [6, 6.07) is -3.29. The van der Waals surface area contributed by atoms with Crippen LogP contribution in [-0.2, 0) is 52.2 Å². The lowest BCUT2D eigenvalue weighted by Crippen LogP contribution is -2.71. The molecule has 0 unspecified atom stereocenters. The highest BCUT2D eigenvalue weighted by molar-refractivity contribution is 5.73. The molecule has 5 fully saturated rings. The first-order valence-corrected chi connectivity index (χ1v) is 19.3. The fourth-order valence-electron chi connectivity index (χ4n) is 7.69. The molecule has 0 spiro atoms. The molecule has 0 radical (unpaired) electrons. The number of nitrogens with one attached hydrogen (secondary N) is 2. The first kappa shape index (κ1) is 49.1. The zero-order valence-electron chi connectivity index (χ0n) is 32.9. The van der Waals surface area contributed by atoms with Crippen molar-refractivity contribution >= 4 is 11.8 Å². The Morgan fingerprint density at radius 3 is 1.37 bits per heavy atom. The fraction of sp³-hybridized carbons (Fsp3) is 0.941. The molecule has 0 bridgehead atoms. The van der Waals surface area contributed by atoms with Gasteiger partial charge in [-0.2, -0.15) is 0 Å². The lowest BCUT2D eigenvalue weighted by molar-refractivity contribution is -0.402. The zero-order chi connectivity index (χ0) is 44.5. The topological polar surface area (TPSA) is 404 Å². The monoisotopic (exact) mass is 878 g/mol. The van der Waals surface area contributed by atoms with E-state index in [1.807, 2.05) is 0 Å². The number of aliphatic hydroxyl groups excluding tert-OH is 13. The molecular formula is C34H58N2O24. The number of ether oxygens (including phenoxy) is 9. The maximum absolute atomic E-state index is 12.5. The second-order valence-electron chi connectivity index (χ2n) is 15.4. The van der Waals surface area contributed by atoms with Gasteiger partial charge in [0.1, 0.15) is 110 Å². The Morgan fingerprint density at radius 2 is 0.867 bits per heavy atom. The van der Waals surface area contributed by atoms with Gasteiger partial charge in [-0.15, -0.1) is 0 Å². The van der Waals surface area contributed by atoms with Crippen LogP contribution in [0, 0.1) is 0 Å². The third kappa shape index (κ3) is 10.4. The minimum Gasteiger partial charge on any atom is -0.394 e. The molecule has 26 nitrogen and oxygen atoms in total. The molecule has 0 aromatic rings. The molecule has 0 aliphatic carbocycles. The Bertz CT molecular complexity index is 1410. The number of amides is 2. The molecule has 5 saturated heterocycles. The summed E-state index contributed by atoms with van der Waals surface area (Å²) in [7, 11) is 0. The molecule has 0 saturated carbocycles. The van der Waals surface area contributed by atoms with Gasteiger partial charge in [0.25, 0.3) is 0 Å². The third-order valence-electron chi connectivity index (χ3n) is 11.0. The minimum atomic E-state index is -2.06. The average Bonchev–Trinajstić information content (AvgIpc) is 3.20. The molecule has 5 rings (SSSR count). The first-order valence-electron chi connectivity index (χ1n) is 19.3. The Hall–Kier alpha value is -1.94. The molecule has 5 aliphatic rings. The third-order valence-corrected chi connectivity index (χ3v) is 11.0. The Kier molecular flexibility index (Phi) is 16.9. The van der Waals surface area contributed by atoms with E-state index in [4.69, 9.17) is 42.6 Å². The molecule has 0 aromatic carbocycles. The fourth-order valence-corrected chi connectivity index (χ4v) is 7.69. The molecule has 0 aromatic heterocycles. The van der Waals surface area contributed by atoms with E-state index in [0.717, 1.165) is 13.8 Å². The highest BCUT2D eigenvalue weighted by atomic mass is 16.8. The van der Waals surface area contributed by atoms with Crippen molar-refractivity contribution in [3.8, 4) is 0 Å². The van der Waals surface area contributed by atoms with E-state index in [1.165, 1.54) is 13.8 Å². The highest BCUT2D eigenvalue weighted by Crippen LogP contribution is 2.37. The molecule has 25 atom stereocenters. The first-order chi connectivity index (χ1) is 28.2. The lowest BCUT2D eigenvalue weighted by atomic mass is 9.93. The minimum absolute atomic E-state index is 0.754. The van der Waals surface area contributed by atoms with Crippen LogP contribution in [0.2, 0.25) is 0 Å². The Morgan fingerprint density at radius 1 is 0.433 bits per heavy atom. The summed E-state index contributed by atoms with van der Waals surface area (Å²) in [4.78, 5) is 24.7. The van der Waals surface area contributed by atoms with Gasteiger partial charge in [-0.05, 0) is 13.8 Å². The van der Waals surface area contributed by atoms with Gasteiger partial charge in [-0.1, -0.05) is 0 Å². The molecule has 15 N–H and O–H groups in total. The molecule has 5 heterocycles. The molecule has 60 heavy (non-hydrogen) atoms. The summed E-state index contributed by atoms with van der Waals surface area (Å²) in [5, 5.41) is 144. The smallest absolute Gasteiger partial charge is 0.217 e. The van der Waals surface area contributed by atoms with Crippen LogP contribution in [-0.4, -0.2) is 251 Å². The van der Waals surface area contributed by atoms with Crippen molar-refractivity contribution in [3.05, 3.63) is 0 Å². The van der Waals surface area contributed by atoms with Gasteiger partial charge < -0.3 is 120 Å². The van der Waals surface area contributed by atoms with Crippen LogP contribution in [0.25, 0.3) is 0 Å². The van der Waals surface area contributed by atoms with Crippen molar-refractivity contribution in [2.24, 2.45) is 0 Å². The van der Waals surface area contributed by atoms with Crippen molar-refractivity contribution in [1.82, 2.24) is 10.6 Å². The van der Waals surface area contributed by atoms with Crippen molar-refractivity contribution in [1.29, 1.82) is 0 Å². The predicted octanol–water partition coefficient (Wildman–Crippen LogP) is -9.58. The molecule has 2 amide bonds. The summed E-state index contributed by atoms with van der Waals surface area (Å²) in [5.74, 6) is -1.53. The van der Waals surface area contributed by atoms with E-state index in [0.29, 0.717) is 0 Å². The largest absolute Gasteiger partial charge is 0.394 e. The van der Waals surface area contributed by atoms with E-state index in [2.05, 4.69) is 10.6 Å². The van der Waals surface area contributed by atoms with Crippen molar-refractivity contribution < 1.29 is 119 Å². The normalized spacial score (nSPS) is 50.2. The summed E-state index contributed by atoms with van der Waals surface area (Å²) >= 11 is 0.